The van der Waals surface area contributed by atoms with E-state index in [4.69, 9.17) is 0 Å². The molecule has 0 unspecified atom stereocenters. The second-order valence-electron chi connectivity index (χ2n) is 2.54. The minimum Gasteiger partial charge on any atom is -0.359 e. The van der Waals surface area contributed by atoms with Crippen LogP contribution in [0.4, 0.5) is 8.78 Å². The van der Waals surface area contributed by atoms with E-state index in [0.29, 0.717) is 0 Å². The van der Waals surface area contributed by atoms with Crippen LogP contribution in [0.2, 0.25) is 0 Å². The standard InChI is InChI=1S/C6H9F2NO/c1-9-5(10)2-4-3-6(4,7)8/h4H,2-3H2,1H3,(H,9,10)/t4-/m0/s1. The van der Waals surface area contributed by atoms with Crippen molar-refractivity contribution in [2.45, 2.75) is 18.8 Å². The number of nitrogens with one attached hydrogen (secondary N) is 1. The van der Waals surface area contributed by atoms with Crippen molar-refractivity contribution in [3.8, 4) is 0 Å². The van der Waals surface area contributed by atoms with Crippen molar-refractivity contribution in [3.05, 3.63) is 0 Å². The largest absolute Gasteiger partial charge is 0.359 e. The summed E-state index contributed by atoms with van der Waals surface area (Å²) in [5, 5.41) is 2.30. The SMILES string of the molecule is CNC(=O)C[C@H]1CC1(F)F. The maximum absolute atomic E-state index is 12.1. The van der Waals surface area contributed by atoms with E-state index in [1.54, 1.807) is 0 Å². The first-order valence-electron chi connectivity index (χ1n) is 3.14. The fourth-order valence-corrected chi connectivity index (χ4v) is 0.817. The molecule has 1 rings (SSSR count). The van der Waals surface area contributed by atoms with E-state index in [9.17, 15) is 13.6 Å². The minimum absolute atomic E-state index is 0.0382. The molecule has 0 aromatic rings. The lowest BCUT2D eigenvalue weighted by Crippen LogP contribution is -2.18. The Morgan fingerprint density at radius 2 is 2.30 bits per heavy atom. The maximum atomic E-state index is 12.1. The van der Waals surface area contributed by atoms with Crippen molar-refractivity contribution >= 4 is 5.91 Å². The van der Waals surface area contributed by atoms with Crippen LogP contribution in [0, 0.1) is 5.92 Å². The second-order valence-corrected chi connectivity index (χ2v) is 2.54. The van der Waals surface area contributed by atoms with Crippen molar-refractivity contribution in [2.75, 3.05) is 7.05 Å². The van der Waals surface area contributed by atoms with E-state index in [0.717, 1.165) is 0 Å². The van der Waals surface area contributed by atoms with Crippen LogP contribution in [0.25, 0.3) is 0 Å². The number of hydrogen-bond acceptors (Lipinski definition) is 1. The molecule has 0 spiro atoms. The predicted molar refractivity (Wildman–Crippen MR) is 31.7 cm³/mol. The fraction of sp³-hybridized carbons (Fsp3) is 0.833. The van der Waals surface area contributed by atoms with Gasteiger partial charge in [0.05, 0.1) is 0 Å². The molecule has 1 atom stereocenters. The minimum atomic E-state index is -2.56. The van der Waals surface area contributed by atoms with Crippen LogP contribution in [0.15, 0.2) is 0 Å². The van der Waals surface area contributed by atoms with Gasteiger partial charge in [0.2, 0.25) is 5.91 Å². The summed E-state index contributed by atoms with van der Waals surface area (Å²) in [5.74, 6) is -3.57. The summed E-state index contributed by atoms with van der Waals surface area (Å²) in [4.78, 5) is 10.5. The van der Waals surface area contributed by atoms with E-state index in [1.165, 1.54) is 7.05 Å². The van der Waals surface area contributed by atoms with Crippen LogP contribution in [-0.2, 0) is 4.79 Å². The molecule has 10 heavy (non-hydrogen) atoms. The van der Waals surface area contributed by atoms with Gasteiger partial charge in [-0.1, -0.05) is 0 Å². The molecule has 1 aliphatic carbocycles. The van der Waals surface area contributed by atoms with Gasteiger partial charge in [-0.05, 0) is 0 Å². The number of carbonyl (C=O) groups is 1. The monoisotopic (exact) mass is 149 g/mol. The smallest absolute Gasteiger partial charge is 0.252 e. The zero-order chi connectivity index (χ0) is 7.78. The summed E-state index contributed by atoms with van der Waals surface area (Å²) >= 11 is 0. The van der Waals surface area contributed by atoms with E-state index in [2.05, 4.69) is 5.32 Å². The highest BCUT2D eigenvalue weighted by Gasteiger charge is 2.57. The van der Waals surface area contributed by atoms with Crippen LogP contribution in [0.1, 0.15) is 12.8 Å². The molecule has 4 heteroatoms. The Morgan fingerprint density at radius 3 is 2.60 bits per heavy atom. The molecule has 1 saturated carbocycles. The molecule has 0 saturated heterocycles. The van der Waals surface area contributed by atoms with Gasteiger partial charge in [-0.15, -0.1) is 0 Å². The van der Waals surface area contributed by atoms with Gasteiger partial charge in [-0.25, -0.2) is 8.78 Å². The Morgan fingerprint density at radius 1 is 1.80 bits per heavy atom. The molecule has 0 aromatic carbocycles. The number of carbonyl (C=O) groups excluding carboxylic acids is 1. The number of hydrogen-bond donors (Lipinski definition) is 1. The van der Waals surface area contributed by atoms with Crippen molar-refractivity contribution in [1.82, 2.24) is 5.32 Å². The van der Waals surface area contributed by atoms with Gasteiger partial charge in [0.15, 0.2) is 0 Å². The number of rotatable bonds is 2. The van der Waals surface area contributed by atoms with Crippen LogP contribution >= 0.6 is 0 Å². The average Bonchev–Trinajstić information content (AvgIpc) is 2.40. The zero-order valence-corrected chi connectivity index (χ0v) is 5.66. The molecular formula is C6H9F2NO. The third-order valence-corrected chi connectivity index (χ3v) is 1.67. The summed E-state index contributed by atoms with van der Waals surface area (Å²) in [7, 11) is 1.45. The molecule has 0 aliphatic heterocycles. The van der Waals surface area contributed by atoms with Gasteiger partial charge in [-0.3, -0.25) is 4.79 Å². The van der Waals surface area contributed by atoms with Crippen LogP contribution in [0.3, 0.4) is 0 Å². The summed E-state index contributed by atoms with van der Waals surface area (Å²) < 4.78 is 24.2. The van der Waals surface area contributed by atoms with Crippen LogP contribution in [0.5, 0.6) is 0 Å². The lowest BCUT2D eigenvalue weighted by Gasteiger charge is -1.96. The molecular weight excluding hydrogens is 140 g/mol. The highest BCUT2D eigenvalue weighted by molar-refractivity contribution is 5.76. The molecule has 1 fully saturated rings. The van der Waals surface area contributed by atoms with Gasteiger partial charge >= 0.3 is 0 Å². The van der Waals surface area contributed by atoms with Crippen LogP contribution in [-0.4, -0.2) is 18.9 Å². The Bertz CT molecular complexity index is 158. The van der Waals surface area contributed by atoms with E-state index in [1.807, 2.05) is 0 Å². The molecule has 0 radical (unpaired) electrons. The number of alkyl halides is 2. The van der Waals surface area contributed by atoms with Gasteiger partial charge in [-0.2, -0.15) is 0 Å². The molecule has 0 aromatic heterocycles. The Kier molecular flexibility index (Phi) is 1.62. The third kappa shape index (κ3) is 1.43. The van der Waals surface area contributed by atoms with Crippen molar-refractivity contribution in [2.24, 2.45) is 5.92 Å². The van der Waals surface area contributed by atoms with Crippen molar-refractivity contribution in [1.29, 1.82) is 0 Å². The van der Waals surface area contributed by atoms with Gasteiger partial charge in [0.1, 0.15) is 0 Å². The van der Waals surface area contributed by atoms with E-state index in [-0.39, 0.29) is 18.7 Å². The number of halogens is 2. The van der Waals surface area contributed by atoms with Gasteiger partial charge < -0.3 is 5.32 Å². The predicted octanol–water partition coefficient (Wildman–Crippen LogP) is 0.778. The highest BCUT2D eigenvalue weighted by Crippen LogP contribution is 2.50. The maximum Gasteiger partial charge on any atom is 0.252 e. The summed E-state index contributed by atoms with van der Waals surface area (Å²) in [6, 6.07) is 0. The quantitative estimate of drug-likeness (QED) is 0.617. The highest BCUT2D eigenvalue weighted by atomic mass is 19.3. The first kappa shape index (κ1) is 7.44. The lowest BCUT2D eigenvalue weighted by atomic mass is 10.3. The Labute approximate surface area is 57.6 Å². The topological polar surface area (TPSA) is 29.1 Å². The number of amides is 1. The van der Waals surface area contributed by atoms with E-state index >= 15 is 0 Å². The van der Waals surface area contributed by atoms with Gasteiger partial charge in [0, 0.05) is 25.8 Å². The zero-order valence-electron chi connectivity index (χ0n) is 5.66. The van der Waals surface area contributed by atoms with E-state index < -0.39 is 11.8 Å². The summed E-state index contributed by atoms with van der Waals surface area (Å²) in [6.07, 6.45) is -0.163. The van der Waals surface area contributed by atoms with Crippen LogP contribution < -0.4 is 5.32 Å². The molecule has 1 amide bonds. The van der Waals surface area contributed by atoms with Crippen molar-refractivity contribution < 1.29 is 13.6 Å². The first-order valence-corrected chi connectivity index (χ1v) is 3.14. The molecule has 1 aliphatic rings. The molecule has 0 bridgehead atoms. The molecule has 58 valence electrons. The normalized spacial score (nSPS) is 27.7. The third-order valence-electron chi connectivity index (χ3n) is 1.67. The summed E-state index contributed by atoms with van der Waals surface area (Å²) in [5.41, 5.74) is 0. The molecule has 0 heterocycles. The summed E-state index contributed by atoms with van der Waals surface area (Å²) in [6.45, 7) is 0. The lowest BCUT2D eigenvalue weighted by molar-refractivity contribution is -0.121. The second kappa shape index (κ2) is 2.18. The van der Waals surface area contributed by atoms with Gasteiger partial charge in [0.25, 0.3) is 5.92 Å². The first-order chi connectivity index (χ1) is 4.56. The average molecular weight is 149 g/mol. The fourth-order valence-electron chi connectivity index (χ4n) is 0.817. The Hall–Kier alpha value is -0.670. The Balaban J connectivity index is 2.24. The molecule has 1 N–H and O–H groups in total. The van der Waals surface area contributed by atoms with Crippen molar-refractivity contribution in [3.63, 3.8) is 0 Å². The molecule has 2 nitrogen and oxygen atoms in total.